The second kappa shape index (κ2) is 6.15. The maximum atomic E-state index is 12.5. The average Bonchev–Trinajstić information content (AvgIpc) is 2.38. The molecule has 1 saturated heterocycles. The van der Waals surface area contributed by atoms with Gasteiger partial charge in [-0.15, -0.1) is 11.8 Å². The number of benzene rings is 1. The summed E-state index contributed by atoms with van der Waals surface area (Å²) in [6.07, 6.45) is -2.17. The molecule has 0 amide bonds. The highest BCUT2D eigenvalue weighted by Gasteiger charge is 2.38. The molecule has 0 spiro atoms. The van der Waals surface area contributed by atoms with Crippen LogP contribution in [0.1, 0.15) is 5.56 Å². The Kier molecular flexibility index (Phi) is 4.76. The lowest BCUT2D eigenvalue weighted by molar-refractivity contribution is -0.252. The largest absolute Gasteiger partial charge is 0.460 e. The van der Waals surface area contributed by atoms with E-state index in [0.717, 1.165) is 12.1 Å². The lowest BCUT2D eigenvalue weighted by atomic mass is 10.2. The average molecular weight is 290 g/mol. The van der Waals surface area contributed by atoms with E-state index in [9.17, 15) is 13.2 Å². The van der Waals surface area contributed by atoms with Crippen LogP contribution < -0.4 is 0 Å². The van der Waals surface area contributed by atoms with E-state index >= 15 is 0 Å². The molecule has 0 bridgehead atoms. The van der Waals surface area contributed by atoms with Gasteiger partial charge in [-0.3, -0.25) is 4.90 Å². The van der Waals surface area contributed by atoms with Crippen LogP contribution in [0.25, 0.3) is 0 Å². The minimum atomic E-state index is -4.19. The summed E-state index contributed by atoms with van der Waals surface area (Å²) in [6, 6.07) is 8.15. The summed E-state index contributed by atoms with van der Waals surface area (Å²) in [4.78, 5) is 3.84. The first-order chi connectivity index (χ1) is 8.99. The molecule has 1 aromatic rings. The molecule has 0 N–H and O–H groups in total. The van der Waals surface area contributed by atoms with E-state index in [4.69, 9.17) is 0 Å². The van der Waals surface area contributed by atoms with Crippen molar-refractivity contribution in [2.75, 3.05) is 32.4 Å². The van der Waals surface area contributed by atoms with Crippen molar-refractivity contribution < 1.29 is 13.2 Å². The molecule has 0 atom stereocenters. The van der Waals surface area contributed by atoms with Crippen LogP contribution in [-0.2, 0) is 6.54 Å². The Morgan fingerprint density at radius 1 is 1.16 bits per heavy atom. The molecule has 106 valence electrons. The molecule has 0 unspecified atom stereocenters. The van der Waals surface area contributed by atoms with Crippen molar-refractivity contribution >= 4 is 11.8 Å². The minimum absolute atomic E-state index is 0.0612. The van der Waals surface area contributed by atoms with E-state index in [1.54, 1.807) is 11.8 Å². The van der Waals surface area contributed by atoms with Crippen LogP contribution in [-0.4, -0.2) is 48.5 Å². The van der Waals surface area contributed by atoms with Gasteiger partial charge in [-0.05, 0) is 24.0 Å². The second-order valence-electron chi connectivity index (χ2n) is 4.58. The van der Waals surface area contributed by atoms with Crippen LogP contribution in [0.3, 0.4) is 0 Å². The fraction of sp³-hybridized carbons (Fsp3) is 0.538. The predicted octanol–water partition coefficient (Wildman–Crippen LogP) is 3.05. The summed E-state index contributed by atoms with van der Waals surface area (Å²) in [5.41, 5.74) is 1.16. The van der Waals surface area contributed by atoms with Gasteiger partial charge in [0, 0.05) is 37.6 Å². The minimum Gasteiger partial charge on any atom is -0.297 e. The highest BCUT2D eigenvalue weighted by molar-refractivity contribution is 7.98. The molecule has 0 radical (unpaired) electrons. The van der Waals surface area contributed by atoms with Gasteiger partial charge in [0.25, 0.3) is 0 Å². The maximum absolute atomic E-state index is 12.5. The van der Waals surface area contributed by atoms with Crippen molar-refractivity contribution in [3.05, 3.63) is 29.8 Å². The van der Waals surface area contributed by atoms with Gasteiger partial charge >= 0.3 is 6.30 Å². The zero-order valence-corrected chi connectivity index (χ0v) is 11.6. The first-order valence-corrected chi connectivity index (χ1v) is 7.38. The standard InChI is InChI=1S/C13H17F3N2S/c1-19-12-4-2-3-11(9-12)10-17-5-7-18(8-6-17)13(14,15)16/h2-4,9H,5-8,10H2,1H3. The Morgan fingerprint density at radius 2 is 1.84 bits per heavy atom. The molecule has 2 nitrogen and oxygen atoms in total. The maximum Gasteiger partial charge on any atom is 0.460 e. The Bertz CT molecular complexity index is 415. The number of piperazine rings is 1. The van der Waals surface area contributed by atoms with Crippen molar-refractivity contribution in [2.24, 2.45) is 0 Å². The molecule has 0 aliphatic carbocycles. The van der Waals surface area contributed by atoms with E-state index in [2.05, 4.69) is 11.0 Å². The monoisotopic (exact) mass is 290 g/mol. The third kappa shape index (κ3) is 4.12. The van der Waals surface area contributed by atoms with Crippen LogP contribution in [0.2, 0.25) is 0 Å². The molecular weight excluding hydrogens is 273 g/mol. The normalized spacial score (nSPS) is 18.7. The van der Waals surface area contributed by atoms with Gasteiger partial charge in [-0.25, -0.2) is 4.90 Å². The fourth-order valence-corrected chi connectivity index (χ4v) is 2.67. The van der Waals surface area contributed by atoms with Crippen LogP contribution in [0, 0.1) is 0 Å². The summed E-state index contributed by atoms with van der Waals surface area (Å²) in [6.45, 7) is 1.77. The lowest BCUT2D eigenvalue weighted by Crippen LogP contribution is -2.51. The number of alkyl halides is 3. The Morgan fingerprint density at radius 3 is 2.42 bits per heavy atom. The molecule has 6 heteroatoms. The van der Waals surface area contributed by atoms with Gasteiger partial charge in [0.05, 0.1) is 0 Å². The third-order valence-electron chi connectivity index (χ3n) is 3.27. The lowest BCUT2D eigenvalue weighted by Gasteiger charge is -2.35. The van der Waals surface area contributed by atoms with Gasteiger partial charge < -0.3 is 0 Å². The van der Waals surface area contributed by atoms with Crippen LogP contribution in [0.4, 0.5) is 13.2 Å². The smallest absolute Gasteiger partial charge is 0.297 e. The highest BCUT2D eigenvalue weighted by atomic mass is 32.2. The van der Waals surface area contributed by atoms with Gasteiger partial charge in [0.15, 0.2) is 0 Å². The van der Waals surface area contributed by atoms with Crippen molar-refractivity contribution in [3.8, 4) is 0 Å². The Balaban J connectivity index is 1.88. The van der Waals surface area contributed by atoms with E-state index in [1.807, 2.05) is 24.5 Å². The zero-order valence-electron chi connectivity index (χ0n) is 10.8. The fourth-order valence-electron chi connectivity index (χ4n) is 2.19. The Hall–Kier alpha value is -0.720. The Labute approximate surface area is 115 Å². The molecule has 0 aromatic heterocycles. The van der Waals surface area contributed by atoms with Gasteiger partial charge in [-0.1, -0.05) is 12.1 Å². The summed E-state index contributed by atoms with van der Waals surface area (Å²) in [5.74, 6) is 0. The van der Waals surface area contributed by atoms with Crippen LogP contribution in [0.15, 0.2) is 29.2 Å². The van der Waals surface area contributed by atoms with Crippen molar-refractivity contribution in [3.63, 3.8) is 0 Å². The summed E-state index contributed by atoms with van der Waals surface area (Å²) < 4.78 is 37.5. The molecule has 0 saturated carbocycles. The van der Waals surface area contributed by atoms with Crippen molar-refractivity contribution in [1.82, 2.24) is 9.80 Å². The first kappa shape index (κ1) is 14.7. The number of halogens is 3. The van der Waals surface area contributed by atoms with E-state index in [0.29, 0.717) is 18.0 Å². The summed E-state index contributed by atoms with van der Waals surface area (Å²) in [7, 11) is 0. The van der Waals surface area contributed by atoms with Crippen LogP contribution in [0.5, 0.6) is 0 Å². The number of hydrogen-bond acceptors (Lipinski definition) is 3. The molecule has 1 fully saturated rings. The predicted molar refractivity (Wildman–Crippen MR) is 71.1 cm³/mol. The third-order valence-corrected chi connectivity index (χ3v) is 4.00. The van der Waals surface area contributed by atoms with E-state index < -0.39 is 6.30 Å². The SMILES string of the molecule is CSc1cccc(CN2CCN(C(F)(F)F)CC2)c1. The molecular formula is C13H17F3N2S. The topological polar surface area (TPSA) is 6.48 Å². The number of nitrogens with zero attached hydrogens (tertiary/aromatic N) is 2. The van der Waals surface area contributed by atoms with Crippen molar-refractivity contribution in [1.29, 1.82) is 0 Å². The van der Waals surface area contributed by atoms with Gasteiger partial charge in [0.1, 0.15) is 0 Å². The number of hydrogen-bond donors (Lipinski definition) is 0. The molecule has 1 aliphatic rings. The van der Waals surface area contributed by atoms with Gasteiger partial charge in [-0.2, -0.15) is 13.2 Å². The summed E-state index contributed by atoms with van der Waals surface area (Å²) >= 11 is 1.67. The molecule has 1 aromatic carbocycles. The first-order valence-electron chi connectivity index (χ1n) is 6.16. The highest BCUT2D eigenvalue weighted by Crippen LogP contribution is 2.23. The zero-order chi connectivity index (χ0) is 13.9. The van der Waals surface area contributed by atoms with E-state index in [-0.39, 0.29) is 13.1 Å². The number of rotatable bonds is 3. The quantitative estimate of drug-likeness (QED) is 0.624. The molecule has 19 heavy (non-hydrogen) atoms. The number of thioether (sulfide) groups is 1. The second-order valence-corrected chi connectivity index (χ2v) is 5.46. The van der Waals surface area contributed by atoms with Crippen molar-refractivity contribution in [2.45, 2.75) is 17.7 Å². The molecule has 1 aliphatic heterocycles. The van der Waals surface area contributed by atoms with E-state index in [1.165, 1.54) is 4.90 Å². The van der Waals surface area contributed by atoms with Crippen LogP contribution >= 0.6 is 11.8 Å². The summed E-state index contributed by atoms with van der Waals surface area (Å²) in [5, 5.41) is 0. The van der Waals surface area contributed by atoms with Gasteiger partial charge in [0.2, 0.25) is 0 Å². The molecule has 2 rings (SSSR count). The molecule has 1 heterocycles.